The number of nitrogens with one attached hydrogen (secondary N) is 1. The number of hydrogen-bond acceptors (Lipinski definition) is 4. The molecule has 0 bridgehead atoms. The van der Waals surface area contributed by atoms with E-state index in [-0.39, 0.29) is 10.6 Å². The summed E-state index contributed by atoms with van der Waals surface area (Å²) >= 11 is 5.96. The Labute approximate surface area is 163 Å². The van der Waals surface area contributed by atoms with Crippen molar-refractivity contribution in [2.45, 2.75) is 11.8 Å². The molecule has 0 fully saturated rings. The molecular weight excluding hydrogens is 386 g/mol. The summed E-state index contributed by atoms with van der Waals surface area (Å²) < 4.78 is 39.1. The monoisotopic (exact) mass is 403 g/mol. The second-order valence-electron chi connectivity index (χ2n) is 5.57. The number of halogens is 1. The van der Waals surface area contributed by atoms with E-state index < -0.39 is 10.0 Å². The zero-order valence-electron chi connectivity index (χ0n) is 14.6. The van der Waals surface area contributed by atoms with Gasteiger partial charge in [-0.15, -0.1) is 0 Å². The van der Waals surface area contributed by atoms with Crippen LogP contribution in [0, 0.1) is 0 Å². The minimum Gasteiger partial charge on any atom is -0.492 e. The van der Waals surface area contributed by atoms with Gasteiger partial charge in [0, 0.05) is 10.7 Å². The van der Waals surface area contributed by atoms with Gasteiger partial charge in [-0.25, -0.2) is 8.42 Å². The first-order chi connectivity index (χ1) is 13.0. The van der Waals surface area contributed by atoms with Crippen LogP contribution in [0.5, 0.6) is 17.2 Å². The first-order valence-electron chi connectivity index (χ1n) is 8.26. The lowest BCUT2D eigenvalue weighted by Gasteiger charge is -2.13. The number of rotatable bonds is 7. The van der Waals surface area contributed by atoms with Gasteiger partial charge in [-0.05, 0) is 61.5 Å². The molecule has 0 atom stereocenters. The molecule has 1 N–H and O–H groups in total. The number of sulfonamides is 1. The van der Waals surface area contributed by atoms with Gasteiger partial charge in [0.15, 0.2) is 0 Å². The van der Waals surface area contributed by atoms with Crippen LogP contribution in [0.3, 0.4) is 0 Å². The summed E-state index contributed by atoms with van der Waals surface area (Å²) in [5.74, 6) is 1.55. The summed E-state index contributed by atoms with van der Waals surface area (Å²) in [6.45, 7) is 2.12. The van der Waals surface area contributed by atoms with Crippen LogP contribution in [0.15, 0.2) is 77.7 Å². The van der Waals surface area contributed by atoms with E-state index in [0.717, 1.165) is 0 Å². The molecule has 0 radical (unpaired) electrons. The van der Waals surface area contributed by atoms with Crippen LogP contribution < -0.4 is 14.2 Å². The van der Waals surface area contributed by atoms with E-state index in [2.05, 4.69) is 4.72 Å². The van der Waals surface area contributed by atoms with Crippen molar-refractivity contribution in [3.05, 3.63) is 77.8 Å². The van der Waals surface area contributed by atoms with Crippen molar-refractivity contribution >= 4 is 27.3 Å². The van der Waals surface area contributed by atoms with E-state index in [9.17, 15) is 8.42 Å². The predicted molar refractivity (Wildman–Crippen MR) is 106 cm³/mol. The molecule has 0 heterocycles. The van der Waals surface area contributed by atoms with Crippen LogP contribution in [0.25, 0.3) is 0 Å². The molecule has 0 spiro atoms. The third-order valence-electron chi connectivity index (χ3n) is 3.58. The van der Waals surface area contributed by atoms with Crippen molar-refractivity contribution in [3.8, 4) is 17.2 Å². The van der Waals surface area contributed by atoms with E-state index in [0.29, 0.717) is 28.8 Å². The van der Waals surface area contributed by atoms with Crippen molar-refractivity contribution in [1.82, 2.24) is 0 Å². The van der Waals surface area contributed by atoms with Crippen LogP contribution in [0.2, 0.25) is 5.02 Å². The summed E-state index contributed by atoms with van der Waals surface area (Å²) in [4.78, 5) is -0.0125. The van der Waals surface area contributed by atoms with Crippen molar-refractivity contribution in [3.63, 3.8) is 0 Å². The molecule has 0 saturated heterocycles. The number of para-hydroxylation sites is 1. The Morgan fingerprint density at radius 3 is 2.26 bits per heavy atom. The molecule has 0 saturated carbocycles. The highest BCUT2D eigenvalue weighted by molar-refractivity contribution is 7.92. The van der Waals surface area contributed by atoms with Crippen LogP contribution in [0.4, 0.5) is 5.69 Å². The van der Waals surface area contributed by atoms with Crippen LogP contribution in [-0.2, 0) is 10.0 Å². The molecule has 7 heteroatoms. The van der Waals surface area contributed by atoms with E-state index in [1.165, 1.54) is 12.1 Å². The van der Waals surface area contributed by atoms with Crippen LogP contribution in [-0.4, -0.2) is 15.0 Å². The van der Waals surface area contributed by atoms with Gasteiger partial charge in [0.05, 0.1) is 6.61 Å². The fourth-order valence-electron chi connectivity index (χ4n) is 2.39. The second-order valence-corrected chi connectivity index (χ2v) is 7.66. The summed E-state index contributed by atoms with van der Waals surface area (Å²) in [6, 6.07) is 20.4. The summed E-state index contributed by atoms with van der Waals surface area (Å²) in [7, 11) is -3.86. The Morgan fingerprint density at radius 1 is 0.926 bits per heavy atom. The van der Waals surface area contributed by atoms with Gasteiger partial charge in [0.25, 0.3) is 10.0 Å². The molecule has 0 aromatic heterocycles. The molecule has 0 amide bonds. The lowest BCUT2D eigenvalue weighted by Crippen LogP contribution is -2.14. The van der Waals surface area contributed by atoms with Crippen molar-refractivity contribution in [2.75, 3.05) is 11.3 Å². The first-order valence-corrected chi connectivity index (χ1v) is 10.1. The minimum atomic E-state index is -3.86. The van der Waals surface area contributed by atoms with E-state index in [1.807, 2.05) is 30.3 Å². The highest BCUT2D eigenvalue weighted by atomic mass is 35.5. The molecule has 3 aromatic carbocycles. The fraction of sp³-hybridized carbons (Fsp3) is 0.100. The standard InChI is InChI=1S/C20H18ClNO4S/c1-2-25-19-13-8-15(21)14-20(19)27(23,24)22-16-9-11-18(12-10-16)26-17-6-4-3-5-7-17/h3-14,22H,2H2,1H3. The highest BCUT2D eigenvalue weighted by Gasteiger charge is 2.20. The van der Waals surface area contributed by atoms with Gasteiger partial charge in [-0.2, -0.15) is 0 Å². The SMILES string of the molecule is CCOc1ccc(Cl)cc1S(=O)(=O)Nc1ccc(Oc2ccccc2)cc1. The molecule has 27 heavy (non-hydrogen) atoms. The van der Waals surface area contributed by atoms with E-state index >= 15 is 0 Å². The largest absolute Gasteiger partial charge is 0.492 e. The van der Waals surface area contributed by atoms with Crippen molar-refractivity contribution < 1.29 is 17.9 Å². The first kappa shape index (κ1) is 19.1. The Balaban J connectivity index is 1.79. The van der Waals surface area contributed by atoms with Crippen LogP contribution in [0.1, 0.15) is 6.92 Å². The lowest BCUT2D eigenvalue weighted by atomic mass is 10.3. The number of ether oxygens (including phenoxy) is 2. The third-order valence-corrected chi connectivity index (χ3v) is 5.22. The molecule has 3 aromatic rings. The Morgan fingerprint density at radius 2 is 1.59 bits per heavy atom. The second kappa shape index (κ2) is 8.33. The van der Waals surface area contributed by atoms with Gasteiger partial charge in [-0.1, -0.05) is 29.8 Å². The molecule has 0 aliphatic carbocycles. The highest BCUT2D eigenvalue weighted by Crippen LogP contribution is 2.30. The maximum Gasteiger partial charge on any atom is 0.265 e. The fourth-order valence-corrected chi connectivity index (χ4v) is 3.86. The number of anilines is 1. The Kier molecular flexibility index (Phi) is 5.88. The molecular formula is C20H18ClNO4S. The summed E-state index contributed by atoms with van der Waals surface area (Å²) in [6.07, 6.45) is 0. The summed E-state index contributed by atoms with van der Waals surface area (Å²) in [5, 5.41) is 0.311. The van der Waals surface area contributed by atoms with Gasteiger partial charge in [0.2, 0.25) is 0 Å². The van der Waals surface area contributed by atoms with E-state index in [1.54, 1.807) is 37.3 Å². The average molecular weight is 404 g/mol. The third kappa shape index (κ3) is 4.93. The zero-order chi connectivity index (χ0) is 19.3. The smallest absolute Gasteiger partial charge is 0.265 e. The maximum absolute atomic E-state index is 12.7. The van der Waals surface area contributed by atoms with Crippen LogP contribution >= 0.6 is 11.6 Å². The predicted octanol–water partition coefficient (Wildman–Crippen LogP) is 5.33. The van der Waals surface area contributed by atoms with Gasteiger partial charge in [0.1, 0.15) is 22.1 Å². The minimum absolute atomic E-state index is 0.0125. The quantitative estimate of drug-likeness (QED) is 0.578. The van der Waals surface area contributed by atoms with Gasteiger partial charge >= 0.3 is 0 Å². The molecule has 0 aliphatic heterocycles. The molecule has 5 nitrogen and oxygen atoms in total. The average Bonchev–Trinajstić information content (AvgIpc) is 2.65. The van der Waals surface area contributed by atoms with E-state index in [4.69, 9.17) is 21.1 Å². The van der Waals surface area contributed by atoms with Gasteiger partial charge < -0.3 is 9.47 Å². The zero-order valence-corrected chi connectivity index (χ0v) is 16.1. The number of hydrogen-bond donors (Lipinski definition) is 1. The molecule has 0 aliphatic rings. The Hall–Kier alpha value is -2.70. The normalized spacial score (nSPS) is 11.0. The Bertz CT molecular complexity index is 1010. The lowest BCUT2D eigenvalue weighted by molar-refractivity contribution is 0.331. The van der Waals surface area contributed by atoms with Crippen molar-refractivity contribution in [1.29, 1.82) is 0 Å². The topological polar surface area (TPSA) is 64.6 Å². The maximum atomic E-state index is 12.7. The molecule has 140 valence electrons. The van der Waals surface area contributed by atoms with Gasteiger partial charge in [-0.3, -0.25) is 4.72 Å². The molecule has 0 unspecified atom stereocenters. The summed E-state index contributed by atoms with van der Waals surface area (Å²) in [5.41, 5.74) is 0.401. The van der Waals surface area contributed by atoms with Crippen molar-refractivity contribution in [2.24, 2.45) is 0 Å². The number of benzene rings is 3. The molecule has 3 rings (SSSR count).